The monoisotopic (exact) mass is 808 g/mol. The highest BCUT2D eigenvalue weighted by Gasteiger charge is 2.45. The molecule has 5 aliphatic heterocycles. The van der Waals surface area contributed by atoms with Crippen LogP contribution in [-0.2, 0) is 36.1 Å². The Hall–Kier alpha value is -5.74. The molecular weight excluding hydrogens is 757 g/mol. The van der Waals surface area contributed by atoms with E-state index in [0.29, 0.717) is 42.1 Å². The highest BCUT2D eigenvalue weighted by atomic mass is 16.5. The molecule has 0 aliphatic carbocycles. The molecule has 3 fully saturated rings. The number of methoxy groups -OCH3 is 2. The van der Waals surface area contributed by atoms with Crippen LogP contribution in [0, 0.1) is 5.92 Å². The lowest BCUT2D eigenvalue weighted by Crippen LogP contribution is -2.54. The average molecular weight is 809 g/mol. The van der Waals surface area contributed by atoms with Gasteiger partial charge in [-0.3, -0.25) is 44.0 Å². The van der Waals surface area contributed by atoms with E-state index >= 15 is 0 Å². The number of carbonyl (C=O) groups excluding carboxylic acids is 5. The molecule has 16 nitrogen and oxygen atoms in total. The number of aryl methyl sites for hydroxylation is 1. The Bertz CT molecular complexity index is 2230. The van der Waals surface area contributed by atoms with Crippen LogP contribution in [0.1, 0.15) is 63.1 Å². The van der Waals surface area contributed by atoms with E-state index < -0.39 is 29.7 Å². The van der Waals surface area contributed by atoms with Gasteiger partial charge in [0.25, 0.3) is 17.4 Å². The van der Waals surface area contributed by atoms with E-state index in [1.54, 1.807) is 49.9 Å². The van der Waals surface area contributed by atoms with Gasteiger partial charge in [-0.15, -0.1) is 0 Å². The van der Waals surface area contributed by atoms with Crippen LogP contribution in [0.2, 0.25) is 0 Å². The minimum Gasteiger partial charge on any atom is -0.496 e. The maximum absolute atomic E-state index is 13.3. The third kappa shape index (κ3) is 7.66. The molecule has 312 valence electrons. The Morgan fingerprint density at radius 1 is 0.847 bits per heavy atom. The summed E-state index contributed by atoms with van der Waals surface area (Å²) in [5.41, 5.74) is 5.80. The number of piperazine rings is 1. The lowest BCUT2D eigenvalue weighted by Gasteiger charge is -2.40. The zero-order valence-electron chi connectivity index (χ0n) is 34.2. The molecule has 0 saturated carbocycles. The summed E-state index contributed by atoms with van der Waals surface area (Å²) in [5, 5.41) is 4.91. The smallest absolute Gasteiger partial charge is 0.317 e. The average Bonchev–Trinajstić information content (AvgIpc) is 3.48. The number of piperidine rings is 1. The predicted octanol–water partition coefficient (Wildman–Crippen LogP) is 2.20. The van der Waals surface area contributed by atoms with Gasteiger partial charge >= 0.3 is 6.03 Å². The van der Waals surface area contributed by atoms with Crippen molar-refractivity contribution < 1.29 is 33.4 Å². The summed E-state index contributed by atoms with van der Waals surface area (Å²) in [4.78, 5) is 85.8. The number of hydrogen-bond acceptors (Lipinski definition) is 11. The molecule has 8 rings (SSSR count). The van der Waals surface area contributed by atoms with Crippen molar-refractivity contribution in [2.75, 3.05) is 78.5 Å². The second-order valence-electron chi connectivity index (χ2n) is 16.2. The quantitative estimate of drug-likeness (QED) is 0.273. The predicted molar refractivity (Wildman–Crippen MR) is 219 cm³/mol. The number of benzene rings is 2. The zero-order valence-corrected chi connectivity index (χ0v) is 34.2. The molecule has 1 atom stereocenters. The van der Waals surface area contributed by atoms with Gasteiger partial charge < -0.3 is 29.2 Å². The first-order valence-electron chi connectivity index (χ1n) is 20.5. The number of anilines is 1. The van der Waals surface area contributed by atoms with Crippen molar-refractivity contribution in [1.82, 2.24) is 34.8 Å². The molecule has 0 radical (unpaired) electrons. The number of amides is 6. The summed E-state index contributed by atoms with van der Waals surface area (Å²) in [6.07, 6.45) is 4.92. The fourth-order valence-corrected chi connectivity index (χ4v) is 9.38. The number of ether oxygens (including phenoxy) is 2. The topological polar surface area (TPSA) is 166 Å². The number of hydrogen-bond donors (Lipinski definition) is 2. The molecule has 0 spiro atoms. The number of fused-ring (bicyclic) bond motifs is 2. The molecule has 1 aromatic heterocycles. The minimum absolute atomic E-state index is 0.0909. The maximum Gasteiger partial charge on any atom is 0.317 e. The summed E-state index contributed by atoms with van der Waals surface area (Å²) >= 11 is 0. The number of pyridine rings is 1. The van der Waals surface area contributed by atoms with Gasteiger partial charge in [0.1, 0.15) is 17.5 Å². The first-order valence-corrected chi connectivity index (χ1v) is 20.5. The summed E-state index contributed by atoms with van der Waals surface area (Å²) in [5.74, 6) is 0.114. The van der Waals surface area contributed by atoms with E-state index in [0.717, 1.165) is 103 Å². The number of nitrogens with one attached hydrogen (secondary N) is 2. The molecular formula is C43H52N8O8. The van der Waals surface area contributed by atoms with Crippen molar-refractivity contribution in [2.24, 2.45) is 13.0 Å². The second kappa shape index (κ2) is 16.5. The van der Waals surface area contributed by atoms with Crippen LogP contribution in [0.3, 0.4) is 0 Å². The zero-order chi connectivity index (χ0) is 41.5. The number of likely N-dealkylation sites (tertiary alicyclic amines) is 1. The van der Waals surface area contributed by atoms with Crippen LogP contribution >= 0.6 is 0 Å². The Balaban J connectivity index is 0.820. The van der Waals surface area contributed by atoms with Gasteiger partial charge in [-0.1, -0.05) is 0 Å². The molecule has 6 heterocycles. The normalized spacial score (nSPS) is 20.0. The summed E-state index contributed by atoms with van der Waals surface area (Å²) in [7, 11) is 6.68. The molecule has 1 unspecified atom stereocenters. The highest BCUT2D eigenvalue weighted by molar-refractivity contribution is 6.23. The van der Waals surface area contributed by atoms with Gasteiger partial charge in [-0.05, 0) is 79.6 Å². The number of aromatic nitrogens is 1. The Labute approximate surface area is 343 Å². The summed E-state index contributed by atoms with van der Waals surface area (Å²) < 4.78 is 13.5. The van der Waals surface area contributed by atoms with Crippen molar-refractivity contribution in [1.29, 1.82) is 0 Å². The molecule has 0 bridgehead atoms. The van der Waals surface area contributed by atoms with Crippen molar-refractivity contribution in [3.05, 3.63) is 74.7 Å². The van der Waals surface area contributed by atoms with E-state index in [2.05, 4.69) is 25.3 Å². The van der Waals surface area contributed by atoms with Crippen LogP contribution < -0.4 is 30.6 Å². The number of urea groups is 1. The van der Waals surface area contributed by atoms with Crippen LogP contribution in [0.15, 0.2) is 41.3 Å². The Morgan fingerprint density at radius 3 is 2.24 bits per heavy atom. The van der Waals surface area contributed by atoms with Crippen LogP contribution in [0.5, 0.6) is 11.5 Å². The molecule has 5 aliphatic rings. The molecule has 6 amide bonds. The Kier molecular flexibility index (Phi) is 11.2. The largest absolute Gasteiger partial charge is 0.496 e. The third-order valence-electron chi connectivity index (χ3n) is 12.7. The van der Waals surface area contributed by atoms with E-state index in [9.17, 15) is 28.8 Å². The van der Waals surface area contributed by atoms with Crippen LogP contribution in [-0.4, -0.2) is 133 Å². The van der Waals surface area contributed by atoms with Crippen LogP contribution in [0.4, 0.5) is 10.5 Å². The molecule has 59 heavy (non-hydrogen) atoms. The van der Waals surface area contributed by atoms with Crippen LogP contribution in [0.25, 0.3) is 11.1 Å². The first-order chi connectivity index (χ1) is 28.5. The lowest BCUT2D eigenvalue weighted by atomic mass is 9.91. The van der Waals surface area contributed by atoms with E-state index in [1.807, 2.05) is 24.4 Å². The summed E-state index contributed by atoms with van der Waals surface area (Å²) in [6.45, 7) is 7.90. The number of carbonyl (C=O) groups is 5. The maximum atomic E-state index is 13.3. The lowest BCUT2D eigenvalue weighted by molar-refractivity contribution is -0.136. The van der Waals surface area contributed by atoms with Gasteiger partial charge in [0.15, 0.2) is 0 Å². The third-order valence-corrected chi connectivity index (χ3v) is 12.7. The molecule has 16 heteroatoms. The number of nitrogens with zero attached hydrogens (tertiary/aromatic N) is 6. The van der Waals surface area contributed by atoms with Gasteiger partial charge in [0.05, 0.1) is 37.5 Å². The molecule has 2 N–H and O–H groups in total. The fraction of sp³-hybridized carbons (Fsp3) is 0.488. The minimum atomic E-state index is -0.973. The van der Waals surface area contributed by atoms with Crippen molar-refractivity contribution in [2.45, 2.75) is 51.2 Å². The van der Waals surface area contributed by atoms with Gasteiger partial charge in [-0.25, -0.2) is 4.79 Å². The SMILES string of the molecule is CNC(=O)N1CCc2c(-c3cc(OC)c(CN4CC(CCCN5CCN(c6ccc7c(c6)C(=O)N(C6CCC(=O)NC6=O)C7=O)CC5)C4)c(OC)c3)cn(C)c(=O)c2C1. The Morgan fingerprint density at radius 2 is 1.56 bits per heavy atom. The van der Waals surface area contributed by atoms with Gasteiger partial charge in [0.2, 0.25) is 11.8 Å². The molecule has 3 aromatic rings. The summed E-state index contributed by atoms with van der Waals surface area (Å²) in [6, 6.07) is 8.21. The first kappa shape index (κ1) is 40.1. The number of imide groups is 2. The van der Waals surface area contributed by atoms with Crippen molar-refractivity contribution in [3.63, 3.8) is 0 Å². The molecule has 2 aromatic carbocycles. The van der Waals surface area contributed by atoms with Gasteiger partial charge in [0, 0.05) is 95.9 Å². The highest BCUT2D eigenvalue weighted by Crippen LogP contribution is 2.39. The van der Waals surface area contributed by atoms with E-state index in [1.165, 1.54) is 0 Å². The molecule has 3 saturated heterocycles. The van der Waals surface area contributed by atoms with Crippen molar-refractivity contribution >= 4 is 35.3 Å². The van der Waals surface area contributed by atoms with E-state index in [4.69, 9.17) is 9.47 Å². The second-order valence-corrected chi connectivity index (χ2v) is 16.2. The van der Waals surface area contributed by atoms with Gasteiger partial charge in [-0.2, -0.15) is 0 Å². The standard InChI is InChI=1S/C43H52N8O8/c1-44-43(57)50-13-11-29-32(23-46(2)40(54)33(29)25-50)27-18-36(58-3)34(37(19-27)59-4)24-48-21-26(22-48)6-5-12-47-14-16-49(17-15-47)28-7-8-30-31(20-28)42(56)51(41(30)55)35-9-10-38(52)45-39(35)53/h7-8,18-20,23,26,35H,5-6,9-17,21-22,24-25H2,1-4H3,(H,44,57)(H,45,52,53). The number of rotatable bonds is 11. The fourth-order valence-electron chi connectivity index (χ4n) is 9.38. The van der Waals surface area contributed by atoms with Crippen molar-refractivity contribution in [3.8, 4) is 22.6 Å². The van der Waals surface area contributed by atoms with E-state index in [-0.39, 0.29) is 31.0 Å².